The van der Waals surface area contributed by atoms with Gasteiger partial charge in [0, 0.05) is 18.3 Å². The SMILES string of the molecule is COc1ccc(-c2ccnc(N3CCC[C@@H]3C(=O)O)n2)cc1. The van der Waals surface area contributed by atoms with Gasteiger partial charge in [-0.25, -0.2) is 14.8 Å². The van der Waals surface area contributed by atoms with E-state index in [9.17, 15) is 9.90 Å². The smallest absolute Gasteiger partial charge is 0.326 e. The fourth-order valence-corrected chi connectivity index (χ4v) is 2.67. The number of ether oxygens (including phenoxy) is 1. The average Bonchev–Trinajstić information content (AvgIpc) is 3.05. The first-order chi connectivity index (χ1) is 10.7. The molecule has 1 saturated heterocycles. The Bertz CT molecular complexity index is 673. The number of aliphatic carboxylic acids is 1. The minimum atomic E-state index is -0.823. The van der Waals surface area contributed by atoms with Crippen LogP contribution in [-0.2, 0) is 4.79 Å². The van der Waals surface area contributed by atoms with Crippen molar-refractivity contribution < 1.29 is 14.6 Å². The number of carbonyl (C=O) groups is 1. The average molecular weight is 299 g/mol. The first-order valence-electron chi connectivity index (χ1n) is 7.16. The molecule has 1 aliphatic heterocycles. The summed E-state index contributed by atoms with van der Waals surface area (Å²) in [7, 11) is 1.62. The number of carboxylic acids is 1. The number of aromatic nitrogens is 2. The van der Waals surface area contributed by atoms with Crippen molar-refractivity contribution in [2.75, 3.05) is 18.6 Å². The van der Waals surface area contributed by atoms with Gasteiger partial charge in [-0.1, -0.05) is 0 Å². The Morgan fingerprint density at radius 3 is 2.77 bits per heavy atom. The molecule has 0 unspecified atom stereocenters. The molecule has 2 heterocycles. The first kappa shape index (κ1) is 14.3. The van der Waals surface area contributed by atoms with E-state index in [-0.39, 0.29) is 0 Å². The summed E-state index contributed by atoms with van der Waals surface area (Å²) in [5, 5.41) is 9.28. The van der Waals surface area contributed by atoms with E-state index in [1.807, 2.05) is 30.3 Å². The monoisotopic (exact) mass is 299 g/mol. The van der Waals surface area contributed by atoms with E-state index in [2.05, 4.69) is 9.97 Å². The largest absolute Gasteiger partial charge is 0.497 e. The van der Waals surface area contributed by atoms with E-state index in [0.717, 1.165) is 23.4 Å². The molecular formula is C16H17N3O3. The molecule has 0 saturated carbocycles. The molecule has 1 atom stereocenters. The fourth-order valence-electron chi connectivity index (χ4n) is 2.67. The summed E-state index contributed by atoms with van der Waals surface area (Å²) in [5.41, 5.74) is 1.71. The fraction of sp³-hybridized carbons (Fsp3) is 0.312. The molecular weight excluding hydrogens is 282 g/mol. The molecule has 1 aliphatic rings. The highest BCUT2D eigenvalue weighted by Crippen LogP contribution is 2.26. The molecule has 2 aromatic rings. The summed E-state index contributed by atoms with van der Waals surface area (Å²) in [6.07, 6.45) is 3.14. The number of methoxy groups -OCH3 is 1. The van der Waals surface area contributed by atoms with Gasteiger partial charge in [0.1, 0.15) is 11.8 Å². The molecule has 1 aromatic carbocycles. The van der Waals surface area contributed by atoms with Crippen molar-refractivity contribution in [3.8, 4) is 17.0 Å². The van der Waals surface area contributed by atoms with Gasteiger partial charge in [0.15, 0.2) is 0 Å². The standard InChI is InChI=1S/C16H17N3O3/c1-22-12-6-4-11(5-7-12)13-8-9-17-16(18-13)19-10-2-3-14(19)15(20)21/h4-9,14H,2-3,10H2,1H3,(H,20,21)/t14-/m1/s1. The molecule has 1 N–H and O–H groups in total. The van der Waals surface area contributed by atoms with Crippen LogP contribution in [0.5, 0.6) is 5.75 Å². The Kier molecular flexibility index (Phi) is 3.91. The lowest BCUT2D eigenvalue weighted by Gasteiger charge is -2.21. The van der Waals surface area contributed by atoms with Crippen LogP contribution in [0.15, 0.2) is 36.5 Å². The van der Waals surface area contributed by atoms with Crippen LogP contribution in [0.25, 0.3) is 11.3 Å². The molecule has 114 valence electrons. The van der Waals surface area contributed by atoms with Crippen LogP contribution in [0.3, 0.4) is 0 Å². The van der Waals surface area contributed by atoms with Crippen LogP contribution in [-0.4, -0.2) is 40.7 Å². The van der Waals surface area contributed by atoms with E-state index in [1.54, 1.807) is 18.2 Å². The van der Waals surface area contributed by atoms with E-state index in [1.165, 1.54) is 0 Å². The summed E-state index contributed by atoms with van der Waals surface area (Å²) in [5.74, 6) is 0.428. The number of benzene rings is 1. The lowest BCUT2D eigenvalue weighted by atomic mass is 10.1. The van der Waals surface area contributed by atoms with Crippen LogP contribution in [0.4, 0.5) is 5.95 Å². The molecule has 0 radical (unpaired) electrons. The van der Waals surface area contributed by atoms with Crippen molar-refractivity contribution in [2.45, 2.75) is 18.9 Å². The Labute approximate surface area is 128 Å². The van der Waals surface area contributed by atoms with E-state index >= 15 is 0 Å². The van der Waals surface area contributed by atoms with Gasteiger partial charge < -0.3 is 14.7 Å². The Balaban J connectivity index is 1.90. The van der Waals surface area contributed by atoms with Gasteiger partial charge >= 0.3 is 5.97 Å². The highest BCUT2D eigenvalue weighted by molar-refractivity contribution is 5.78. The van der Waals surface area contributed by atoms with Gasteiger partial charge in [-0.05, 0) is 43.2 Å². The van der Waals surface area contributed by atoms with Crippen molar-refractivity contribution >= 4 is 11.9 Å². The zero-order valence-corrected chi connectivity index (χ0v) is 12.3. The number of anilines is 1. The second-order valence-electron chi connectivity index (χ2n) is 5.16. The van der Waals surface area contributed by atoms with Gasteiger partial charge in [0.05, 0.1) is 12.8 Å². The molecule has 6 heteroatoms. The molecule has 0 bridgehead atoms. The van der Waals surface area contributed by atoms with Crippen LogP contribution in [0.2, 0.25) is 0 Å². The van der Waals surface area contributed by atoms with Crippen molar-refractivity contribution in [3.63, 3.8) is 0 Å². The topological polar surface area (TPSA) is 75.5 Å². The molecule has 1 aromatic heterocycles. The Morgan fingerprint density at radius 2 is 2.09 bits per heavy atom. The number of hydrogen-bond donors (Lipinski definition) is 1. The predicted octanol–water partition coefficient (Wildman–Crippen LogP) is 2.21. The predicted molar refractivity (Wildman–Crippen MR) is 82.0 cm³/mol. The Hall–Kier alpha value is -2.63. The minimum absolute atomic E-state index is 0.471. The van der Waals surface area contributed by atoms with Crippen LogP contribution in [0.1, 0.15) is 12.8 Å². The van der Waals surface area contributed by atoms with Crippen LogP contribution < -0.4 is 9.64 Å². The zero-order valence-electron chi connectivity index (χ0n) is 12.3. The molecule has 0 spiro atoms. The van der Waals surface area contributed by atoms with Crippen molar-refractivity contribution in [2.24, 2.45) is 0 Å². The molecule has 0 amide bonds. The van der Waals surface area contributed by atoms with Crippen molar-refractivity contribution in [1.29, 1.82) is 0 Å². The van der Waals surface area contributed by atoms with Gasteiger partial charge in [0.2, 0.25) is 5.95 Å². The second kappa shape index (κ2) is 6.01. The van der Waals surface area contributed by atoms with Gasteiger partial charge in [-0.15, -0.1) is 0 Å². The third-order valence-corrected chi connectivity index (χ3v) is 3.82. The number of nitrogens with zero attached hydrogens (tertiary/aromatic N) is 3. The molecule has 6 nitrogen and oxygen atoms in total. The summed E-state index contributed by atoms with van der Waals surface area (Å²) >= 11 is 0. The number of rotatable bonds is 4. The Morgan fingerprint density at radius 1 is 1.32 bits per heavy atom. The summed E-state index contributed by atoms with van der Waals surface area (Å²) in [4.78, 5) is 21.8. The summed E-state index contributed by atoms with van der Waals surface area (Å²) < 4.78 is 5.14. The summed E-state index contributed by atoms with van der Waals surface area (Å²) in [6, 6.07) is 8.86. The highest BCUT2D eigenvalue weighted by atomic mass is 16.5. The molecule has 0 aliphatic carbocycles. The van der Waals surface area contributed by atoms with Crippen molar-refractivity contribution in [3.05, 3.63) is 36.5 Å². The third-order valence-electron chi connectivity index (χ3n) is 3.82. The van der Waals surface area contributed by atoms with E-state index in [4.69, 9.17) is 4.74 Å². The summed E-state index contributed by atoms with van der Waals surface area (Å²) in [6.45, 7) is 0.670. The number of carboxylic acid groups (broad SMARTS) is 1. The molecule has 1 fully saturated rings. The minimum Gasteiger partial charge on any atom is -0.497 e. The lowest BCUT2D eigenvalue weighted by molar-refractivity contribution is -0.138. The molecule has 3 rings (SSSR count). The lowest BCUT2D eigenvalue weighted by Crippen LogP contribution is -2.37. The normalized spacial score (nSPS) is 17.5. The quantitative estimate of drug-likeness (QED) is 0.933. The van der Waals surface area contributed by atoms with Gasteiger partial charge in [-0.3, -0.25) is 0 Å². The zero-order chi connectivity index (χ0) is 15.5. The van der Waals surface area contributed by atoms with Crippen LogP contribution >= 0.6 is 0 Å². The highest BCUT2D eigenvalue weighted by Gasteiger charge is 2.32. The maximum Gasteiger partial charge on any atom is 0.326 e. The molecule has 22 heavy (non-hydrogen) atoms. The first-order valence-corrected chi connectivity index (χ1v) is 7.16. The van der Waals surface area contributed by atoms with E-state index < -0.39 is 12.0 Å². The van der Waals surface area contributed by atoms with Crippen LogP contribution in [0, 0.1) is 0 Å². The van der Waals surface area contributed by atoms with Gasteiger partial charge in [-0.2, -0.15) is 0 Å². The van der Waals surface area contributed by atoms with Gasteiger partial charge in [0.25, 0.3) is 0 Å². The maximum atomic E-state index is 11.3. The third kappa shape index (κ3) is 2.72. The van der Waals surface area contributed by atoms with Crippen molar-refractivity contribution in [1.82, 2.24) is 9.97 Å². The second-order valence-corrected chi connectivity index (χ2v) is 5.16. The number of hydrogen-bond acceptors (Lipinski definition) is 5. The van der Waals surface area contributed by atoms with E-state index in [0.29, 0.717) is 18.9 Å². The maximum absolute atomic E-state index is 11.3.